The number of carboxylic acid groups (broad SMARTS) is 1. The molecule has 0 saturated heterocycles. The first-order valence-corrected chi connectivity index (χ1v) is 10.2. The minimum Gasteiger partial charge on any atom is -0.496 e. The van der Waals surface area contributed by atoms with Crippen molar-refractivity contribution in [1.82, 2.24) is 5.32 Å². The van der Waals surface area contributed by atoms with Crippen LogP contribution in [0.1, 0.15) is 31.8 Å². The first-order valence-electron chi connectivity index (χ1n) is 8.14. The van der Waals surface area contributed by atoms with Gasteiger partial charge >= 0.3 is 5.97 Å². The third-order valence-corrected chi connectivity index (χ3v) is 4.72. The van der Waals surface area contributed by atoms with Crippen LogP contribution in [0.15, 0.2) is 42.5 Å². The Morgan fingerprint density at radius 3 is 2.26 bits per heavy atom. The molecule has 2 aromatic carbocycles. The van der Waals surface area contributed by atoms with Gasteiger partial charge in [-0.2, -0.15) is 0 Å². The van der Waals surface area contributed by atoms with E-state index in [1.165, 1.54) is 19.2 Å². The summed E-state index contributed by atoms with van der Waals surface area (Å²) in [5.74, 6) is -0.926. The molecule has 0 radical (unpaired) electrons. The van der Waals surface area contributed by atoms with Crippen LogP contribution in [0, 0.1) is 0 Å². The van der Waals surface area contributed by atoms with Crippen molar-refractivity contribution >= 4 is 21.7 Å². The molecule has 0 heterocycles. The third kappa shape index (κ3) is 6.10. The molecule has 0 aliphatic rings. The summed E-state index contributed by atoms with van der Waals surface area (Å²) in [7, 11) is -1.66. The molecule has 0 atom stereocenters. The number of benzene rings is 2. The molecule has 0 aromatic heterocycles. The lowest BCUT2D eigenvalue weighted by atomic mass is 10.1. The summed E-state index contributed by atoms with van der Waals surface area (Å²) in [6, 6.07) is 11.0. The second-order valence-corrected chi connectivity index (χ2v) is 8.24. The summed E-state index contributed by atoms with van der Waals surface area (Å²) in [6.45, 7) is 0.340. The van der Waals surface area contributed by atoms with Crippen molar-refractivity contribution in [2.75, 3.05) is 19.9 Å². The molecular formula is C19H21NO6S. The van der Waals surface area contributed by atoms with Crippen molar-refractivity contribution in [2.24, 2.45) is 0 Å². The van der Waals surface area contributed by atoms with Gasteiger partial charge in [-0.25, -0.2) is 13.2 Å². The molecule has 7 nitrogen and oxygen atoms in total. The summed E-state index contributed by atoms with van der Waals surface area (Å²) in [4.78, 5) is 23.2. The summed E-state index contributed by atoms with van der Waals surface area (Å²) in [5.41, 5.74) is 1.97. The molecule has 0 bridgehead atoms. The Morgan fingerprint density at radius 1 is 1.07 bits per heavy atom. The minimum atomic E-state index is -3.12. The summed E-state index contributed by atoms with van der Waals surface area (Å²) < 4.78 is 27.8. The van der Waals surface area contributed by atoms with E-state index in [1.54, 1.807) is 30.3 Å². The number of rotatable bonds is 8. The van der Waals surface area contributed by atoms with E-state index < -0.39 is 15.8 Å². The molecule has 144 valence electrons. The van der Waals surface area contributed by atoms with E-state index in [0.29, 0.717) is 29.8 Å². The van der Waals surface area contributed by atoms with Crippen LogP contribution in [0.25, 0.3) is 0 Å². The number of hydrogen-bond donors (Lipinski definition) is 2. The maximum Gasteiger partial charge on any atom is 0.335 e. The van der Waals surface area contributed by atoms with E-state index in [9.17, 15) is 18.0 Å². The summed E-state index contributed by atoms with van der Waals surface area (Å²) >= 11 is 0. The Bertz CT molecular complexity index is 935. The van der Waals surface area contributed by atoms with Crippen molar-refractivity contribution in [1.29, 1.82) is 0 Å². The maximum atomic E-state index is 12.2. The van der Waals surface area contributed by atoms with Crippen LogP contribution < -0.4 is 10.1 Å². The van der Waals surface area contributed by atoms with E-state index in [2.05, 4.69) is 5.32 Å². The second-order valence-electron chi connectivity index (χ2n) is 6.10. The molecule has 0 fully saturated rings. The molecule has 2 rings (SSSR count). The number of amides is 1. The minimum absolute atomic E-state index is 0.0684. The number of methoxy groups -OCH3 is 1. The van der Waals surface area contributed by atoms with E-state index >= 15 is 0 Å². The van der Waals surface area contributed by atoms with Gasteiger partial charge in [0.05, 0.1) is 18.4 Å². The van der Waals surface area contributed by atoms with Crippen molar-refractivity contribution in [3.8, 4) is 5.75 Å². The van der Waals surface area contributed by atoms with Crippen LogP contribution in [0.5, 0.6) is 5.75 Å². The molecule has 2 N–H and O–H groups in total. The zero-order valence-electron chi connectivity index (χ0n) is 15.1. The SMILES string of the molecule is COc1cc(C(=O)O)ccc1CCNC(=O)c1ccc(CS(C)(=O)=O)cc1. The highest BCUT2D eigenvalue weighted by Crippen LogP contribution is 2.20. The normalized spacial score (nSPS) is 11.0. The third-order valence-electron chi connectivity index (χ3n) is 3.86. The average Bonchev–Trinajstić information content (AvgIpc) is 2.60. The molecule has 27 heavy (non-hydrogen) atoms. The quantitative estimate of drug-likeness (QED) is 0.711. The van der Waals surface area contributed by atoms with Crippen LogP contribution >= 0.6 is 0 Å². The van der Waals surface area contributed by atoms with Gasteiger partial charge in [-0.15, -0.1) is 0 Å². The zero-order valence-corrected chi connectivity index (χ0v) is 15.9. The fraction of sp³-hybridized carbons (Fsp3) is 0.263. The zero-order chi connectivity index (χ0) is 20.0. The van der Waals surface area contributed by atoms with Crippen LogP contribution in [-0.4, -0.2) is 45.3 Å². The smallest absolute Gasteiger partial charge is 0.335 e. The molecule has 2 aromatic rings. The van der Waals surface area contributed by atoms with Gasteiger partial charge in [0.2, 0.25) is 0 Å². The van der Waals surface area contributed by atoms with Gasteiger partial charge < -0.3 is 15.2 Å². The number of sulfone groups is 1. The number of ether oxygens (including phenoxy) is 1. The fourth-order valence-electron chi connectivity index (χ4n) is 2.55. The summed E-state index contributed by atoms with van der Waals surface area (Å²) in [6.07, 6.45) is 1.63. The van der Waals surface area contributed by atoms with Gasteiger partial charge in [0.25, 0.3) is 5.91 Å². The molecule has 0 spiro atoms. The molecule has 1 amide bonds. The highest BCUT2D eigenvalue weighted by molar-refractivity contribution is 7.89. The second kappa shape index (κ2) is 8.68. The predicted octanol–water partition coefficient (Wildman–Crippen LogP) is 1.91. The molecule has 0 saturated carbocycles. The van der Waals surface area contributed by atoms with Crippen molar-refractivity contribution in [3.63, 3.8) is 0 Å². The van der Waals surface area contributed by atoms with Crippen molar-refractivity contribution in [3.05, 3.63) is 64.7 Å². The number of carbonyl (C=O) groups excluding carboxylic acids is 1. The number of carboxylic acids is 1. The van der Waals surface area contributed by atoms with Crippen molar-refractivity contribution < 1.29 is 27.9 Å². The van der Waals surface area contributed by atoms with Crippen molar-refractivity contribution in [2.45, 2.75) is 12.2 Å². The molecule has 0 aliphatic heterocycles. The maximum absolute atomic E-state index is 12.2. The number of carbonyl (C=O) groups is 2. The van der Waals surface area contributed by atoms with Gasteiger partial charge in [-0.1, -0.05) is 18.2 Å². The van der Waals surface area contributed by atoms with Gasteiger partial charge in [0.15, 0.2) is 9.84 Å². The Kier molecular flexibility index (Phi) is 6.57. The Hall–Kier alpha value is -2.87. The number of nitrogens with one attached hydrogen (secondary N) is 1. The van der Waals surface area contributed by atoms with Gasteiger partial charge in [0, 0.05) is 18.4 Å². The van der Waals surface area contributed by atoms with E-state index in [1.807, 2.05) is 0 Å². The average molecular weight is 391 g/mol. The molecular weight excluding hydrogens is 370 g/mol. The van der Waals surface area contributed by atoms with Gasteiger partial charge in [-0.05, 0) is 41.8 Å². The van der Waals surface area contributed by atoms with Crippen LogP contribution in [-0.2, 0) is 22.0 Å². The lowest BCUT2D eigenvalue weighted by Crippen LogP contribution is -2.25. The lowest BCUT2D eigenvalue weighted by molar-refractivity contribution is 0.0696. The van der Waals surface area contributed by atoms with Crippen LogP contribution in [0.3, 0.4) is 0 Å². The number of hydrogen-bond acceptors (Lipinski definition) is 5. The monoisotopic (exact) mass is 391 g/mol. The first-order chi connectivity index (χ1) is 12.7. The Morgan fingerprint density at radius 2 is 1.70 bits per heavy atom. The van der Waals surface area contributed by atoms with Gasteiger partial charge in [-0.3, -0.25) is 4.79 Å². The number of aromatic carboxylic acids is 1. The molecule has 8 heteroatoms. The lowest BCUT2D eigenvalue weighted by Gasteiger charge is -2.10. The molecule has 0 aliphatic carbocycles. The Labute approximate surface area is 157 Å². The van der Waals surface area contributed by atoms with E-state index in [-0.39, 0.29) is 17.2 Å². The fourth-order valence-corrected chi connectivity index (χ4v) is 3.35. The van der Waals surface area contributed by atoms with Gasteiger partial charge in [0.1, 0.15) is 5.75 Å². The topological polar surface area (TPSA) is 110 Å². The highest BCUT2D eigenvalue weighted by atomic mass is 32.2. The Balaban J connectivity index is 1.95. The predicted molar refractivity (Wildman–Crippen MR) is 101 cm³/mol. The van der Waals surface area contributed by atoms with E-state index in [0.717, 1.165) is 11.8 Å². The molecule has 0 unspecified atom stereocenters. The first kappa shape index (κ1) is 20.4. The summed E-state index contributed by atoms with van der Waals surface area (Å²) in [5, 5.41) is 11.8. The standard InChI is InChI=1S/C19H21NO6S/c1-26-17-11-16(19(22)23)8-7-14(17)9-10-20-18(21)15-5-3-13(4-6-15)12-27(2,24)25/h3-8,11H,9-10,12H2,1-2H3,(H,20,21)(H,22,23). The largest absolute Gasteiger partial charge is 0.496 e. The van der Waals surface area contributed by atoms with Crippen LogP contribution in [0.4, 0.5) is 0 Å². The van der Waals surface area contributed by atoms with Crippen LogP contribution in [0.2, 0.25) is 0 Å². The van der Waals surface area contributed by atoms with E-state index in [4.69, 9.17) is 9.84 Å². The highest BCUT2D eigenvalue weighted by Gasteiger charge is 2.11.